The van der Waals surface area contributed by atoms with E-state index in [1.807, 2.05) is 0 Å². The van der Waals surface area contributed by atoms with E-state index < -0.39 is 22.0 Å². The fraction of sp³-hybridized carbons (Fsp3) is 0.462. The van der Waals surface area contributed by atoms with Crippen LogP contribution in [0.15, 0.2) is 23.1 Å². The molecule has 1 atom stereocenters. The van der Waals surface area contributed by atoms with Gasteiger partial charge < -0.3 is 5.11 Å². The number of carboxylic acids is 1. The summed E-state index contributed by atoms with van der Waals surface area (Å²) < 4.78 is 27.2. The zero-order chi connectivity index (χ0) is 14.9. The van der Waals surface area contributed by atoms with Crippen LogP contribution in [0.2, 0.25) is 5.02 Å². The van der Waals surface area contributed by atoms with Crippen molar-refractivity contribution < 1.29 is 18.3 Å². The number of aliphatic carboxylic acids is 1. The lowest BCUT2D eigenvalue weighted by molar-refractivity contribution is -0.137. The zero-order valence-electron chi connectivity index (χ0n) is 11.0. The fourth-order valence-electron chi connectivity index (χ4n) is 2.17. The summed E-state index contributed by atoms with van der Waals surface area (Å²) in [6.45, 7) is 1.66. The number of rotatable bonds is 6. The van der Waals surface area contributed by atoms with E-state index in [2.05, 4.69) is 4.72 Å². The molecule has 2 rings (SSSR count). The lowest BCUT2D eigenvalue weighted by atomic mass is 10.1. The maximum absolute atomic E-state index is 12.3. The summed E-state index contributed by atoms with van der Waals surface area (Å²) in [7, 11) is -3.73. The molecule has 2 N–H and O–H groups in total. The Morgan fingerprint density at radius 1 is 1.50 bits per heavy atom. The molecule has 1 saturated carbocycles. The van der Waals surface area contributed by atoms with Crippen LogP contribution >= 0.6 is 11.6 Å². The molecule has 0 heterocycles. The monoisotopic (exact) mass is 317 g/mol. The Kier molecular flexibility index (Phi) is 4.36. The fourth-order valence-corrected chi connectivity index (χ4v) is 3.93. The van der Waals surface area contributed by atoms with Gasteiger partial charge in [-0.15, -0.1) is 0 Å². The summed E-state index contributed by atoms with van der Waals surface area (Å²) in [5.41, 5.74) is 0.537. The number of benzene rings is 1. The van der Waals surface area contributed by atoms with Crippen LogP contribution in [0, 0.1) is 12.8 Å². The lowest BCUT2D eigenvalue weighted by Gasteiger charge is -2.17. The second kappa shape index (κ2) is 5.71. The molecule has 0 spiro atoms. The highest BCUT2D eigenvalue weighted by molar-refractivity contribution is 7.89. The van der Waals surface area contributed by atoms with Crippen molar-refractivity contribution >= 4 is 27.6 Å². The van der Waals surface area contributed by atoms with Crippen molar-refractivity contribution in [2.45, 2.75) is 37.1 Å². The summed E-state index contributed by atoms with van der Waals surface area (Å²) in [6.07, 6.45) is 1.52. The minimum absolute atomic E-state index is 0.119. The van der Waals surface area contributed by atoms with Crippen LogP contribution in [0.1, 0.15) is 24.8 Å². The molecule has 20 heavy (non-hydrogen) atoms. The van der Waals surface area contributed by atoms with E-state index in [1.54, 1.807) is 13.0 Å². The van der Waals surface area contributed by atoms with Gasteiger partial charge in [0.25, 0.3) is 0 Å². The third kappa shape index (κ3) is 3.71. The molecule has 0 bridgehead atoms. The number of carbonyl (C=O) groups is 1. The van der Waals surface area contributed by atoms with Gasteiger partial charge in [-0.2, -0.15) is 0 Å². The summed E-state index contributed by atoms with van der Waals surface area (Å²) in [6, 6.07) is 3.96. The first kappa shape index (κ1) is 15.3. The molecule has 1 unspecified atom stereocenters. The Labute approximate surface area is 123 Å². The van der Waals surface area contributed by atoms with Crippen molar-refractivity contribution in [3.63, 3.8) is 0 Å². The average Bonchev–Trinajstić information content (AvgIpc) is 3.09. The smallest absolute Gasteiger partial charge is 0.304 e. The third-order valence-electron chi connectivity index (χ3n) is 3.32. The van der Waals surface area contributed by atoms with E-state index in [1.165, 1.54) is 12.1 Å². The molecule has 5 nitrogen and oxygen atoms in total. The molecule has 1 aliphatic carbocycles. The van der Waals surface area contributed by atoms with Gasteiger partial charge in [0.2, 0.25) is 10.0 Å². The van der Waals surface area contributed by atoms with Crippen molar-refractivity contribution in [3.05, 3.63) is 28.8 Å². The van der Waals surface area contributed by atoms with Crippen molar-refractivity contribution in [1.82, 2.24) is 4.72 Å². The highest BCUT2D eigenvalue weighted by atomic mass is 35.5. The first-order chi connectivity index (χ1) is 9.29. The van der Waals surface area contributed by atoms with Crippen molar-refractivity contribution in [1.29, 1.82) is 0 Å². The van der Waals surface area contributed by atoms with Gasteiger partial charge in [0.05, 0.1) is 11.3 Å². The molecular formula is C13H16ClNO4S. The molecule has 7 heteroatoms. The summed E-state index contributed by atoms with van der Waals surface area (Å²) >= 11 is 5.81. The molecule has 0 amide bonds. The summed E-state index contributed by atoms with van der Waals surface area (Å²) in [4.78, 5) is 11.0. The highest BCUT2D eigenvalue weighted by Crippen LogP contribution is 2.35. The molecular weight excluding hydrogens is 302 g/mol. The number of sulfonamides is 1. The lowest BCUT2D eigenvalue weighted by Crippen LogP contribution is -2.38. The number of aryl methyl sites for hydroxylation is 1. The molecule has 0 aromatic heterocycles. The van der Waals surface area contributed by atoms with E-state index in [0.717, 1.165) is 12.8 Å². The molecule has 0 radical (unpaired) electrons. The SMILES string of the molecule is Cc1cc(Cl)ccc1S(=O)(=O)NC(CC(=O)O)C1CC1. The number of hydrogen-bond acceptors (Lipinski definition) is 3. The van der Waals surface area contributed by atoms with Crippen LogP contribution in [0.25, 0.3) is 0 Å². The Balaban J connectivity index is 2.22. The third-order valence-corrected chi connectivity index (χ3v) is 5.20. The van der Waals surface area contributed by atoms with E-state index in [-0.39, 0.29) is 17.2 Å². The van der Waals surface area contributed by atoms with E-state index in [9.17, 15) is 13.2 Å². The predicted octanol–water partition coefficient (Wildman–Crippen LogP) is 2.18. The van der Waals surface area contributed by atoms with Crippen LogP contribution in [0.5, 0.6) is 0 Å². The molecule has 1 aromatic rings. The minimum Gasteiger partial charge on any atom is -0.481 e. The van der Waals surface area contributed by atoms with Crippen LogP contribution in [-0.2, 0) is 14.8 Å². The van der Waals surface area contributed by atoms with Crippen LogP contribution in [0.3, 0.4) is 0 Å². The topological polar surface area (TPSA) is 83.5 Å². The standard InChI is InChI=1S/C13H16ClNO4S/c1-8-6-10(14)4-5-12(8)20(18,19)15-11(7-13(16)17)9-2-3-9/h4-6,9,11,15H,2-3,7H2,1H3,(H,16,17). The number of nitrogens with one attached hydrogen (secondary N) is 1. The van der Waals surface area contributed by atoms with Crippen LogP contribution in [-0.4, -0.2) is 25.5 Å². The molecule has 0 saturated heterocycles. The second-order valence-electron chi connectivity index (χ2n) is 5.07. The van der Waals surface area contributed by atoms with E-state index >= 15 is 0 Å². The van der Waals surface area contributed by atoms with Gasteiger partial charge in [-0.05, 0) is 49.4 Å². The Hall–Kier alpha value is -1.11. The minimum atomic E-state index is -3.73. The van der Waals surface area contributed by atoms with Gasteiger partial charge >= 0.3 is 5.97 Å². The first-order valence-electron chi connectivity index (χ1n) is 6.30. The first-order valence-corrected chi connectivity index (χ1v) is 8.16. The average molecular weight is 318 g/mol. The quantitative estimate of drug-likeness (QED) is 0.842. The van der Waals surface area contributed by atoms with Crippen LogP contribution < -0.4 is 4.72 Å². The van der Waals surface area contributed by atoms with Crippen LogP contribution in [0.4, 0.5) is 0 Å². The normalized spacial score (nSPS) is 16.9. The maximum atomic E-state index is 12.3. The molecule has 110 valence electrons. The number of hydrogen-bond donors (Lipinski definition) is 2. The highest BCUT2D eigenvalue weighted by Gasteiger charge is 2.35. The van der Waals surface area contributed by atoms with E-state index in [0.29, 0.717) is 10.6 Å². The Bertz CT molecular complexity index is 625. The molecule has 0 aliphatic heterocycles. The van der Waals surface area contributed by atoms with Gasteiger partial charge in [0.1, 0.15) is 0 Å². The van der Waals surface area contributed by atoms with Crippen molar-refractivity contribution in [2.75, 3.05) is 0 Å². The summed E-state index contributed by atoms with van der Waals surface area (Å²) in [5, 5.41) is 9.33. The molecule has 1 fully saturated rings. The second-order valence-corrected chi connectivity index (χ2v) is 7.19. The van der Waals surface area contributed by atoms with Crippen molar-refractivity contribution in [3.8, 4) is 0 Å². The summed E-state index contributed by atoms with van der Waals surface area (Å²) in [5.74, 6) is -0.883. The molecule has 1 aromatic carbocycles. The number of carboxylic acid groups (broad SMARTS) is 1. The van der Waals surface area contributed by atoms with E-state index in [4.69, 9.17) is 16.7 Å². The zero-order valence-corrected chi connectivity index (χ0v) is 12.5. The Morgan fingerprint density at radius 3 is 2.65 bits per heavy atom. The van der Waals surface area contributed by atoms with Gasteiger partial charge in [0.15, 0.2) is 0 Å². The van der Waals surface area contributed by atoms with Gasteiger partial charge in [-0.25, -0.2) is 13.1 Å². The molecule has 1 aliphatic rings. The van der Waals surface area contributed by atoms with Gasteiger partial charge in [-0.1, -0.05) is 11.6 Å². The van der Waals surface area contributed by atoms with Gasteiger partial charge in [0, 0.05) is 11.1 Å². The largest absolute Gasteiger partial charge is 0.481 e. The van der Waals surface area contributed by atoms with Gasteiger partial charge in [-0.3, -0.25) is 4.79 Å². The predicted molar refractivity (Wildman–Crippen MR) is 75.3 cm³/mol. The van der Waals surface area contributed by atoms with Crippen molar-refractivity contribution in [2.24, 2.45) is 5.92 Å². The Morgan fingerprint density at radius 2 is 2.15 bits per heavy atom. The maximum Gasteiger partial charge on any atom is 0.304 e. The number of halogens is 1.